The molecule has 2 saturated heterocycles. The molecule has 2 N–H and O–H groups in total. The van der Waals surface area contributed by atoms with Crippen LogP contribution in [0.1, 0.15) is 55.3 Å². The molecule has 1 aliphatic carbocycles. The fourth-order valence-corrected chi connectivity index (χ4v) is 4.40. The van der Waals surface area contributed by atoms with E-state index in [9.17, 15) is 9.59 Å². The first-order chi connectivity index (χ1) is 13.2. The number of nitrogens with zero attached hydrogens (tertiary/aromatic N) is 1. The quantitative estimate of drug-likeness (QED) is 0.777. The van der Waals surface area contributed by atoms with Gasteiger partial charge in [0.1, 0.15) is 6.04 Å². The zero-order valence-corrected chi connectivity index (χ0v) is 15.8. The van der Waals surface area contributed by atoms with E-state index in [1.165, 1.54) is 12.8 Å². The van der Waals surface area contributed by atoms with Crippen molar-refractivity contribution < 1.29 is 14.3 Å². The summed E-state index contributed by atoms with van der Waals surface area (Å²) < 4.78 is 5.03. The van der Waals surface area contributed by atoms with E-state index in [1.54, 1.807) is 0 Å². The van der Waals surface area contributed by atoms with Crippen molar-refractivity contribution in [2.24, 2.45) is 0 Å². The van der Waals surface area contributed by atoms with Crippen LogP contribution in [0.5, 0.6) is 0 Å². The Kier molecular flexibility index (Phi) is 5.62. The SMILES string of the molecule is O=C(NC1CCCC1)c1ccc(N2CCC(NC3CCOC3=O)CC2)cc1. The molecule has 0 aromatic heterocycles. The number of amides is 1. The summed E-state index contributed by atoms with van der Waals surface area (Å²) in [5.74, 6) is -0.0660. The minimum atomic E-state index is -0.126. The number of hydrogen-bond acceptors (Lipinski definition) is 5. The highest BCUT2D eigenvalue weighted by Gasteiger charge is 2.30. The zero-order valence-electron chi connectivity index (χ0n) is 15.8. The lowest BCUT2D eigenvalue weighted by Crippen LogP contribution is -2.47. The van der Waals surface area contributed by atoms with Gasteiger partial charge < -0.3 is 20.3 Å². The molecule has 3 fully saturated rings. The Balaban J connectivity index is 1.27. The van der Waals surface area contributed by atoms with E-state index >= 15 is 0 Å². The van der Waals surface area contributed by atoms with E-state index in [2.05, 4.69) is 15.5 Å². The van der Waals surface area contributed by atoms with Crippen molar-refractivity contribution in [2.45, 2.75) is 63.1 Å². The highest BCUT2D eigenvalue weighted by molar-refractivity contribution is 5.94. The fraction of sp³-hybridized carbons (Fsp3) is 0.619. The smallest absolute Gasteiger partial charge is 0.323 e. The maximum atomic E-state index is 12.4. The minimum absolute atomic E-state index is 0.0415. The first kappa shape index (κ1) is 18.3. The van der Waals surface area contributed by atoms with Crippen LogP contribution in [0.3, 0.4) is 0 Å². The molecule has 1 aromatic rings. The zero-order chi connectivity index (χ0) is 18.6. The molecule has 6 heteroatoms. The minimum Gasteiger partial charge on any atom is -0.464 e. The maximum Gasteiger partial charge on any atom is 0.323 e. The molecule has 6 nitrogen and oxygen atoms in total. The second-order valence-electron chi connectivity index (χ2n) is 7.94. The second kappa shape index (κ2) is 8.30. The van der Waals surface area contributed by atoms with Gasteiger partial charge in [0.2, 0.25) is 0 Å². The van der Waals surface area contributed by atoms with Crippen molar-refractivity contribution in [3.05, 3.63) is 29.8 Å². The van der Waals surface area contributed by atoms with E-state index in [0.29, 0.717) is 18.7 Å². The van der Waals surface area contributed by atoms with Gasteiger partial charge in [0.15, 0.2) is 0 Å². The Morgan fingerprint density at radius 1 is 0.963 bits per heavy atom. The summed E-state index contributed by atoms with van der Waals surface area (Å²) in [4.78, 5) is 26.3. The number of carbonyl (C=O) groups is 2. The van der Waals surface area contributed by atoms with Gasteiger partial charge in [0, 0.05) is 42.8 Å². The van der Waals surface area contributed by atoms with Crippen molar-refractivity contribution >= 4 is 17.6 Å². The standard InChI is InChI=1S/C21H29N3O3/c25-20(23-16-3-1-2-4-16)15-5-7-18(8-6-15)24-12-9-17(10-13-24)22-19-11-14-27-21(19)26/h5-8,16-17,19,22H,1-4,9-14H2,(H,23,25). The molecule has 0 radical (unpaired) electrons. The Morgan fingerprint density at radius 3 is 2.30 bits per heavy atom. The van der Waals surface area contributed by atoms with Crippen LogP contribution in [-0.4, -0.2) is 49.7 Å². The average Bonchev–Trinajstić information content (AvgIpc) is 3.35. The molecule has 2 heterocycles. The number of anilines is 1. The van der Waals surface area contributed by atoms with Crippen LogP contribution < -0.4 is 15.5 Å². The molecule has 3 aliphatic rings. The summed E-state index contributed by atoms with van der Waals surface area (Å²) in [5.41, 5.74) is 1.90. The first-order valence-electron chi connectivity index (χ1n) is 10.3. The summed E-state index contributed by atoms with van der Waals surface area (Å²) in [6.45, 7) is 2.44. The van der Waals surface area contributed by atoms with E-state index in [0.717, 1.165) is 56.4 Å². The number of nitrogens with one attached hydrogen (secondary N) is 2. The molecular weight excluding hydrogens is 342 g/mol. The molecule has 27 heavy (non-hydrogen) atoms. The van der Waals surface area contributed by atoms with Crippen LogP contribution in [0, 0.1) is 0 Å². The number of ether oxygens (including phenoxy) is 1. The van der Waals surface area contributed by atoms with Crippen LogP contribution >= 0.6 is 0 Å². The van der Waals surface area contributed by atoms with Crippen molar-refractivity contribution in [3.8, 4) is 0 Å². The van der Waals surface area contributed by atoms with E-state index in [4.69, 9.17) is 4.74 Å². The topological polar surface area (TPSA) is 70.7 Å². The molecule has 2 aliphatic heterocycles. The first-order valence-corrected chi connectivity index (χ1v) is 10.3. The summed E-state index contributed by atoms with van der Waals surface area (Å²) in [6.07, 6.45) is 7.44. The number of hydrogen-bond donors (Lipinski definition) is 2. The normalized spacial score (nSPS) is 24.2. The number of carbonyl (C=O) groups excluding carboxylic acids is 2. The summed E-state index contributed by atoms with van der Waals surface area (Å²) in [7, 11) is 0. The molecule has 1 unspecified atom stereocenters. The lowest BCUT2D eigenvalue weighted by Gasteiger charge is -2.34. The van der Waals surface area contributed by atoms with Crippen molar-refractivity contribution in [3.63, 3.8) is 0 Å². The van der Waals surface area contributed by atoms with Crippen LogP contribution in [0.4, 0.5) is 5.69 Å². The fourth-order valence-electron chi connectivity index (χ4n) is 4.40. The molecule has 0 spiro atoms. The largest absolute Gasteiger partial charge is 0.464 e. The Bertz CT molecular complexity index is 662. The van der Waals surface area contributed by atoms with E-state index < -0.39 is 0 Å². The van der Waals surface area contributed by atoms with Gasteiger partial charge in [0.05, 0.1) is 6.61 Å². The van der Waals surface area contributed by atoms with Gasteiger partial charge in [-0.15, -0.1) is 0 Å². The van der Waals surface area contributed by atoms with Gasteiger partial charge in [-0.25, -0.2) is 0 Å². The van der Waals surface area contributed by atoms with E-state index in [1.807, 2.05) is 24.3 Å². The number of esters is 1. The number of benzene rings is 1. The van der Waals surface area contributed by atoms with Crippen LogP contribution in [0.2, 0.25) is 0 Å². The van der Waals surface area contributed by atoms with Gasteiger partial charge in [-0.2, -0.15) is 0 Å². The van der Waals surface area contributed by atoms with Crippen molar-refractivity contribution in [2.75, 3.05) is 24.6 Å². The van der Waals surface area contributed by atoms with Crippen molar-refractivity contribution in [1.29, 1.82) is 0 Å². The monoisotopic (exact) mass is 371 g/mol. The van der Waals surface area contributed by atoms with Gasteiger partial charge in [0.25, 0.3) is 5.91 Å². The highest BCUT2D eigenvalue weighted by Crippen LogP contribution is 2.22. The molecule has 1 amide bonds. The van der Waals surface area contributed by atoms with Crippen LogP contribution in [-0.2, 0) is 9.53 Å². The summed E-state index contributed by atoms with van der Waals surface area (Å²) in [6, 6.07) is 8.54. The Hall–Kier alpha value is -2.08. The van der Waals surface area contributed by atoms with Gasteiger partial charge in [-0.1, -0.05) is 12.8 Å². The van der Waals surface area contributed by atoms with Gasteiger partial charge >= 0.3 is 5.97 Å². The van der Waals surface area contributed by atoms with Gasteiger partial charge in [-0.3, -0.25) is 9.59 Å². The van der Waals surface area contributed by atoms with Crippen molar-refractivity contribution in [1.82, 2.24) is 10.6 Å². The third-order valence-corrected chi connectivity index (χ3v) is 6.05. The highest BCUT2D eigenvalue weighted by atomic mass is 16.5. The molecule has 146 valence electrons. The number of cyclic esters (lactones) is 1. The van der Waals surface area contributed by atoms with E-state index in [-0.39, 0.29) is 17.9 Å². The Labute approximate surface area is 160 Å². The van der Waals surface area contributed by atoms with Gasteiger partial charge in [-0.05, 0) is 49.9 Å². The predicted octanol–water partition coefficient (Wildman–Crippen LogP) is 2.23. The molecule has 1 aromatic carbocycles. The number of piperidine rings is 1. The summed E-state index contributed by atoms with van der Waals surface area (Å²) >= 11 is 0. The lowest BCUT2D eigenvalue weighted by molar-refractivity contribution is -0.139. The maximum absolute atomic E-state index is 12.4. The molecule has 0 bridgehead atoms. The second-order valence-corrected chi connectivity index (χ2v) is 7.94. The van der Waals surface area contributed by atoms with Crippen LogP contribution in [0.15, 0.2) is 24.3 Å². The molecule has 1 saturated carbocycles. The third kappa shape index (κ3) is 4.43. The third-order valence-electron chi connectivity index (χ3n) is 6.05. The molecule has 1 atom stereocenters. The Morgan fingerprint density at radius 2 is 1.67 bits per heavy atom. The molecule has 4 rings (SSSR count). The lowest BCUT2D eigenvalue weighted by atomic mass is 10.0. The molecular formula is C21H29N3O3. The summed E-state index contributed by atoms with van der Waals surface area (Å²) in [5, 5.41) is 6.58. The average molecular weight is 371 g/mol. The predicted molar refractivity (Wildman–Crippen MR) is 104 cm³/mol. The number of rotatable bonds is 5. The van der Waals surface area contributed by atoms with Crippen LogP contribution in [0.25, 0.3) is 0 Å².